The van der Waals surface area contributed by atoms with Crippen LogP contribution in [-0.4, -0.2) is 47.4 Å². The van der Waals surface area contributed by atoms with E-state index >= 15 is 0 Å². The number of urea groups is 1. The molecular formula is C22H27N3O5. The number of benzene rings is 1. The van der Waals surface area contributed by atoms with Gasteiger partial charge in [-0.1, -0.05) is 31.4 Å². The lowest BCUT2D eigenvalue weighted by Crippen LogP contribution is -2.48. The Bertz CT molecular complexity index is 841. The Kier molecular flexibility index (Phi) is 6.87. The van der Waals surface area contributed by atoms with E-state index in [0.29, 0.717) is 25.1 Å². The highest BCUT2D eigenvalue weighted by atomic mass is 16.5. The van der Waals surface area contributed by atoms with E-state index in [1.165, 1.54) is 6.08 Å². The summed E-state index contributed by atoms with van der Waals surface area (Å²) in [6, 6.07) is 6.54. The number of anilines is 1. The molecule has 2 fully saturated rings. The fourth-order valence-corrected chi connectivity index (χ4v) is 3.84. The predicted octanol–water partition coefficient (Wildman–Crippen LogP) is 2.85. The summed E-state index contributed by atoms with van der Waals surface area (Å²) in [4.78, 5) is 49.7. The van der Waals surface area contributed by atoms with Crippen molar-refractivity contribution in [2.75, 3.05) is 18.5 Å². The molecule has 1 saturated heterocycles. The number of nitrogens with zero attached hydrogens (tertiary/aromatic N) is 1. The molecule has 1 aromatic rings. The Morgan fingerprint density at radius 3 is 2.53 bits per heavy atom. The molecule has 8 heteroatoms. The molecular weight excluding hydrogens is 386 g/mol. The maximum atomic E-state index is 12.7. The number of carbonyl (C=O) groups excluding carboxylic acids is 4. The Morgan fingerprint density at radius 1 is 1.17 bits per heavy atom. The van der Waals surface area contributed by atoms with E-state index in [-0.39, 0.29) is 24.8 Å². The number of imide groups is 1. The molecule has 30 heavy (non-hydrogen) atoms. The van der Waals surface area contributed by atoms with Gasteiger partial charge in [0.1, 0.15) is 5.54 Å². The third kappa shape index (κ3) is 5.06. The molecule has 8 nitrogen and oxygen atoms in total. The van der Waals surface area contributed by atoms with Gasteiger partial charge in [0.15, 0.2) is 0 Å². The lowest BCUT2D eigenvalue weighted by Gasteiger charge is -2.30. The summed E-state index contributed by atoms with van der Waals surface area (Å²) in [5.74, 6) is -0.905. The fourth-order valence-electron chi connectivity index (χ4n) is 3.84. The second-order valence-electron chi connectivity index (χ2n) is 7.54. The van der Waals surface area contributed by atoms with Gasteiger partial charge in [0.25, 0.3) is 5.91 Å². The fraction of sp³-hybridized carbons (Fsp3) is 0.455. The van der Waals surface area contributed by atoms with Gasteiger partial charge in [0.05, 0.1) is 6.61 Å². The lowest BCUT2D eigenvalue weighted by atomic mass is 9.82. The SMILES string of the molecule is CCOC(=O)/C=C/c1ccc(NC(=O)CCN2C(=O)NC3(CCCCC3)C2=O)cc1. The molecule has 2 aliphatic rings. The molecule has 4 amide bonds. The molecule has 2 N–H and O–H groups in total. The van der Waals surface area contributed by atoms with E-state index in [1.54, 1.807) is 37.3 Å². The standard InChI is InChI=1S/C22H27N3O5/c1-2-30-19(27)11-8-16-6-9-17(10-7-16)23-18(26)12-15-25-20(28)22(24-21(25)29)13-4-3-5-14-22/h6-11H,2-5,12-15H2,1H3,(H,23,26)(H,24,29)/b11-8+. The van der Waals surface area contributed by atoms with Gasteiger partial charge < -0.3 is 15.4 Å². The Labute approximate surface area is 175 Å². The molecule has 0 radical (unpaired) electrons. The molecule has 0 unspecified atom stereocenters. The Hall–Kier alpha value is -3.16. The quantitative estimate of drug-likeness (QED) is 0.406. The van der Waals surface area contributed by atoms with Crippen molar-refractivity contribution in [3.05, 3.63) is 35.9 Å². The summed E-state index contributed by atoms with van der Waals surface area (Å²) in [7, 11) is 0. The molecule has 1 saturated carbocycles. The van der Waals surface area contributed by atoms with Gasteiger partial charge in [-0.3, -0.25) is 14.5 Å². The average molecular weight is 413 g/mol. The summed E-state index contributed by atoms with van der Waals surface area (Å²) in [5, 5.41) is 5.60. The summed E-state index contributed by atoms with van der Waals surface area (Å²) in [6.07, 6.45) is 7.24. The van der Waals surface area contributed by atoms with Crippen LogP contribution in [0.2, 0.25) is 0 Å². The van der Waals surface area contributed by atoms with Crippen molar-refractivity contribution in [3.63, 3.8) is 0 Å². The first-order valence-electron chi connectivity index (χ1n) is 10.3. The smallest absolute Gasteiger partial charge is 0.330 e. The minimum atomic E-state index is -0.765. The lowest BCUT2D eigenvalue weighted by molar-refractivity contribution is -0.137. The number of rotatable bonds is 7. The molecule has 0 atom stereocenters. The van der Waals surface area contributed by atoms with Crippen molar-refractivity contribution < 1.29 is 23.9 Å². The second-order valence-corrected chi connectivity index (χ2v) is 7.54. The Balaban J connectivity index is 1.49. The highest BCUT2D eigenvalue weighted by Crippen LogP contribution is 2.33. The van der Waals surface area contributed by atoms with Crippen LogP contribution in [0.25, 0.3) is 6.08 Å². The normalized spacial score (nSPS) is 18.0. The molecule has 1 spiro atoms. The van der Waals surface area contributed by atoms with Crippen molar-refractivity contribution in [2.24, 2.45) is 0 Å². The number of hydrogen-bond donors (Lipinski definition) is 2. The van der Waals surface area contributed by atoms with E-state index in [1.807, 2.05) is 0 Å². The van der Waals surface area contributed by atoms with Gasteiger partial charge in [0.2, 0.25) is 5.91 Å². The van der Waals surface area contributed by atoms with Crippen LogP contribution in [0, 0.1) is 0 Å². The monoisotopic (exact) mass is 413 g/mol. The average Bonchev–Trinajstić information content (AvgIpc) is 2.95. The first kappa shape index (κ1) is 21.5. The maximum absolute atomic E-state index is 12.7. The molecule has 160 valence electrons. The highest BCUT2D eigenvalue weighted by molar-refractivity contribution is 6.07. The van der Waals surface area contributed by atoms with Gasteiger partial charge in [-0.05, 0) is 43.5 Å². The van der Waals surface area contributed by atoms with Crippen LogP contribution in [0.1, 0.15) is 51.0 Å². The minimum absolute atomic E-state index is 0.0275. The number of nitrogens with one attached hydrogen (secondary N) is 2. The van der Waals surface area contributed by atoms with Crippen molar-refractivity contribution >= 4 is 35.6 Å². The van der Waals surface area contributed by atoms with Crippen molar-refractivity contribution in [3.8, 4) is 0 Å². The Morgan fingerprint density at radius 2 is 1.87 bits per heavy atom. The number of amides is 4. The van der Waals surface area contributed by atoms with E-state index in [4.69, 9.17) is 4.74 Å². The largest absolute Gasteiger partial charge is 0.463 e. The highest BCUT2D eigenvalue weighted by Gasteiger charge is 2.51. The molecule has 1 aliphatic carbocycles. The van der Waals surface area contributed by atoms with E-state index in [2.05, 4.69) is 10.6 Å². The number of carbonyl (C=O) groups is 4. The van der Waals surface area contributed by atoms with Crippen LogP contribution in [0.4, 0.5) is 10.5 Å². The zero-order chi connectivity index (χ0) is 21.6. The van der Waals surface area contributed by atoms with Crippen LogP contribution >= 0.6 is 0 Å². The summed E-state index contributed by atoms with van der Waals surface area (Å²) in [5.41, 5.74) is 0.617. The van der Waals surface area contributed by atoms with Crippen LogP contribution in [-0.2, 0) is 19.1 Å². The number of ether oxygens (including phenoxy) is 1. The first-order valence-corrected chi connectivity index (χ1v) is 10.3. The summed E-state index contributed by atoms with van der Waals surface area (Å²) >= 11 is 0. The first-order chi connectivity index (χ1) is 14.4. The second kappa shape index (κ2) is 9.56. The topological polar surface area (TPSA) is 105 Å². The molecule has 1 aromatic carbocycles. The predicted molar refractivity (Wildman–Crippen MR) is 111 cm³/mol. The molecule has 1 aliphatic heterocycles. The molecule has 0 aromatic heterocycles. The van der Waals surface area contributed by atoms with Crippen molar-refractivity contribution in [1.82, 2.24) is 10.2 Å². The van der Waals surface area contributed by atoms with E-state index in [0.717, 1.165) is 29.7 Å². The van der Waals surface area contributed by atoms with Gasteiger partial charge in [0, 0.05) is 24.7 Å². The van der Waals surface area contributed by atoms with Gasteiger partial charge in [-0.25, -0.2) is 9.59 Å². The summed E-state index contributed by atoms with van der Waals surface area (Å²) < 4.78 is 4.82. The third-order valence-electron chi connectivity index (χ3n) is 5.41. The van der Waals surface area contributed by atoms with Crippen molar-refractivity contribution in [1.29, 1.82) is 0 Å². The number of hydrogen-bond acceptors (Lipinski definition) is 5. The van der Waals surface area contributed by atoms with E-state index < -0.39 is 17.5 Å². The van der Waals surface area contributed by atoms with Gasteiger partial charge >= 0.3 is 12.0 Å². The third-order valence-corrected chi connectivity index (χ3v) is 5.41. The molecule has 1 heterocycles. The maximum Gasteiger partial charge on any atom is 0.330 e. The minimum Gasteiger partial charge on any atom is -0.463 e. The van der Waals surface area contributed by atoms with Gasteiger partial charge in [-0.2, -0.15) is 0 Å². The van der Waals surface area contributed by atoms with Gasteiger partial charge in [-0.15, -0.1) is 0 Å². The number of esters is 1. The van der Waals surface area contributed by atoms with E-state index in [9.17, 15) is 19.2 Å². The van der Waals surface area contributed by atoms with Crippen LogP contribution in [0.3, 0.4) is 0 Å². The zero-order valence-corrected chi connectivity index (χ0v) is 17.1. The van der Waals surface area contributed by atoms with Crippen LogP contribution in [0.5, 0.6) is 0 Å². The van der Waals surface area contributed by atoms with Crippen LogP contribution < -0.4 is 10.6 Å². The summed E-state index contributed by atoms with van der Waals surface area (Å²) in [6.45, 7) is 2.11. The molecule has 3 rings (SSSR count). The van der Waals surface area contributed by atoms with Crippen molar-refractivity contribution in [2.45, 2.75) is 51.0 Å². The molecule has 0 bridgehead atoms. The zero-order valence-electron chi connectivity index (χ0n) is 17.1. The van der Waals surface area contributed by atoms with Crippen LogP contribution in [0.15, 0.2) is 30.3 Å².